The molecule has 0 fully saturated rings. The quantitative estimate of drug-likeness (QED) is 0.129. The van der Waals surface area contributed by atoms with Crippen LogP contribution in [0.5, 0.6) is 5.75 Å². The maximum atomic E-state index is 12.6. The Kier molecular flexibility index (Phi) is 10.9. The Morgan fingerprint density at radius 3 is 2.26 bits per heavy atom. The van der Waals surface area contributed by atoms with Crippen molar-refractivity contribution in [3.63, 3.8) is 0 Å². The summed E-state index contributed by atoms with van der Waals surface area (Å²) in [6.07, 6.45) is 0.718. The molecular weight excluding hydrogens is 614 g/mol. The van der Waals surface area contributed by atoms with Gasteiger partial charge in [-0.3, -0.25) is 19.6 Å². The van der Waals surface area contributed by atoms with E-state index in [0.717, 1.165) is 0 Å². The van der Waals surface area contributed by atoms with Crippen molar-refractivity contribution in [1.82, 2.24) is 20.2 Å². The summed E-state index contributed by atoms with van der Waals surface area (Å²) < 4.78 is 17.5. The van der Waals surface area contributed by atoms with Crippen molar-refractivity contribution in [2.75, 3.05) is 25.1 Å². The largest absolute Gasteiger partial charge is 0.490 e. The number of alkyl carbamates (subject to hydrolysis) is 1. The molecule has 0 saturated carbocycles. The Bertz CT molecular complexity index is 1610. The van der Waals surface area contributed by atoms with Gasteiger partial charge in [0.15, 0.2) is 5.82 Å². The standard InChI is InChI=1S/C32H35N5O10/c1-5-17-44-31(43)34-26-24(18-36(35-26)16-8-15-33-30(42)46-32(2,3)4)20-11-13-21(14-12-20)45-19-25(29(40)41)47-37-27(38)22-9-6-7-10-23(22)28(37)39/h5-7,9-14,18,25H,1,8,15-17,19H2,2-4H3,(H,33,42)(H,40,41)(H,34,35,43). The minimum absolute atomic E-state index is 0.00167. The van der Waals surface area contributed by atoms with Gasteiger partial charge >= 0.3 is 18.2 Å². The third-order valence-corrected chi connectivity index (χ3v) is 6.38. The number of benzene rings is 2. The van der Waals surface area contributed by atoms with E-state index in [0.29, 0.717) is 35.7 Å². The maximum absolute atomic E-state index is 12.6. The van der Waals surface area contributed by atoms with E-state index >= 15 is 0 Å². The number of anilines is 1. The van der Waals surface area contributed by atoms with Crippen LogP contribution in [-0.2, 0) is 25.7 Å². The van der Waals surface area contributed by atoms with E-state index in [1.54, 1.807) is 68.0 Å². The smallest absolute Gasteiger partial charge is 0.413 e. The second kappa shape index (κ2) is 15.1. The Labute approximate surface area is 270 Å². The number of hydrogen-bond acceptors (Lipinski definition) is 10. The maximum Gasteiger partial charge on any atom is 0.413 e. The second-order valence-electron chi connectivity index (χ2n) is 11.2. The Morgan fingerprint density at radius 2 is 1.66 bits per heavy atom. The summed E-state index contributed by atoms with van der Waals surface area (Å²) in [6.45, 7) is 9.04. The second-order valence-corrected chi connectivity index (χ2v) is 11.2. The summed E-state index contributed by atoms with van der Waals surface area (Å²) in [6, 6.07) is 12.5. The lowest BCUT2D eigenvalue weighted by Crippen LogP contribution is -2.41. The van der Waals surface area contributed by atoms with Gasteiger partial charge in [0.25, 0.3) is 11.8 Å². The Hall–Kier alpha value is -5.70. The van der Waals surface area contributed by atoms with Crippen LogP contribution in [0.1, 0.15) is 47.9 Å². The third-order valence-electron chi connectivity index (χ3n) is 6.38. The van der Waals surface area contributed by atoms with Gasteiger partial charge in [0.05, 0.1) is 11.1 Å². The predicted octanol–water partition coefficient (Wildman–Crippen LogP) is 4.26. The van der Waals surface area contributed by atoms with Crippen molar-refractivity contribution in [3.05, 3.63) is 78.5 Å². The number of nitrogens with one attached hydrogen (secondary N) is 2. The molecule has 1 atom stereocenters. The molecule has 47 heavy (non-hydrogen) atoms. The fraction of sp³-hybridized carbons (Fsp3) is 0.312. The molecule has 3 N–H and O–H groups in total. The molecule has 15 heteroatoms. The number of rotatable bonds is 14. The molecular formula is C32H35N5O10. The lowest BCUT2D eigenvalue weighted by atomic mass is 10.1. The highest BCUT2D eigenvalue weighted by Crippen LogP contribution is 2.29. The highest BCUT2D eigenvalue weighted by Gasteiger charge is 2.39. The molecule has 248 valence electrons. The van der Waals surface area contributed by atoms with Crippen LogP contribution in [0.3, 0.4) is 0 Å². The number of hydroxylamine groups is 2. The van der Waals surface area contributed by atoms with Gasteiger partial charge < -0.3 is 24.6 Å². The molecule has 0 radical (unpaired) electrons. The van der Waals surface area contributed by atoms with E-state index in [1.165, 1.54) is 18.2 Å². The zero-order valence-electron chi connectivity index (χ0n) is 26.1. The highest BCUT2D eigenvalue weighted by molar-refractivity contribution is 6.20. The monoisotopic (exact) mass is 649 g/mol. The van der Waals surface area contributed by atoms with Crippen LogP contribution in [0.4, 0.5) is 15.4 Å². The molecule has 0 aliphatic carbocycles. The molecule has 1 aliphatic heterocycles. The minimum atomic E-state index is -1.67. The number of aliphatic carboxylic acids is 1. The first-order chi connectivity index (χ1) is 22.4. The van der Waals surface area contributed by atoms with Gasteiger partial charge in [0, 0.05) is 24.8 Å². The number of imide groups is 1. The molecule has 15 nitrogen and oxygen atoms in total. The summed E-state index contributed by atoms with van der Waals surface area (Å²) in [4.78, 5) is 66.5. The van der Waals surface area contributed by atoms with Crippen LogP contribution in [-0.4, -0.2) is 81.4 Å². The zero-order chi connectivity index (χ0) is 34.1. The first kappa shape index (κ1) is 34.2. The van der Waals surface area contributed by atoms with Gasteiger partial charge in [-0.15, -0.1) is 5.06 Å². The number of hydrogen-bond donors (Lipinski definition) is 3. The van der Waals surface area contributed by atoms with E-state index in [-0.39, 0.29) is 29.3 Å². The molecule has 2 aromatic carbocycles. The molecule has 0 saturated heterocycles. The average Bonchev–Trinajstić information content (AvgIpc) is 3.53. The Balaban J connectivity index is 1.41. The van der Waals surface area contributed by atoms with Crippen molar-refractivity contribution < 1.29 is 48.1 Å². The van der Waals surface area contributed by atoms with E-state index in [4.69, 9.17) is 19.0 Å². The Morgan fingerprint density at radius 1 is 1.00 bits per heavy atom. The summed E-state index contributed by atoms with van der Waals surface area (Å²) in [5.41, 5.74) is 0.787. The van der Waals surface area contributed by atoms with Gasteiger partial charge in [-0.05, 0) is 57.0 Å². The zero-order valence-corrected chi connectivity index (χ0v) is 26.1. The first-order valence-corrected chi connectivity index (χ1v) is 14.6. The number of aryl methyl sites for hydroxylation is 1. The lowest BCUT2D eigenvalue weighted by molar-refractivity contribution is -0.178. The minimum Gasteiger partial charge on any atom is -0.490 e. The number of amides is 4. The number of nitrogens with zero attached hydrogens (tertiary/aromatic N) is 3. The summed E-state index contributed by atoms with van der Waals surface area (Å²) in [5.74, 6) is -2.48. The molecule has 2 heterocycles. The van der Waals surface area contributed by atoms with E-state index < -0.39 is 48.3 Å². The van der Waals surface area contributed by atoms with Gasteiger partial charge in [-0.1, -0.05) is 36.9 Å². The van der Waals surface area contributed by atoms with E-state index in [2.05, 4.69) is 22.3 Å². The van der Waals surface area contributed by atoms with Crippen LogP contribution < -0.4 is 15.4 Å². The third kappa shape index (κ3) is 9.17. The highest BCUT2D eigenvalue weighted by atomic mass is 16.7. The normalized spacial score (nSPS) is 13.0. The fourth-order valence-electron chi connectivity index (χ4n) is 4.29. The molecule has 1 aromatic heterocycles. The lowest BCUT2D eigenvalue weighted by Gasteiger charge is -2.19. The molecule has 1 aliphatic rings. The molecule has 0 bridgehead atoms. The summed E-state index contributed by atoms with van der Waals surface area (Å²) in [7, 11) is 0. The van der Waals surface area contributed by atoms with Crippen molar-refractivity contribution in [3.8, 4) is 16.9 Å². The molecule has 0 spiro atoms. The van der Waals surface area contributed by atoms with Crippen LogP contribution in [0.2, 0.25) is 0 Å². The number of carboxylic acid groups (broad SMARTS) is 1. The summed E-state index contributed by atoms with van der Waals surface area (Å²) >= 11 is 0. The number of carboxylic acids is 1. The van der Waals surface area contributed by atoms with Crippen molar-refractivity contribution in [2.45, 2.75) is 45.4 Å². The van der Waals surface area contributed by atoms with Gasteiger partial charge in [0.2, 0.25) is 6.10 Å². The van der Waals surface area contributed by atoms with E-state index in [1.807, 2.05) is 0 Å². The number of aromatic nitrogens is 2. The van der Waals surface area contributed by atoms with Crippen molar-refractivity contribution in [2.24, 2.45) is 0 Å². The van der Waals surface area contributed by atoms with Crippen molar-refractivity contribution >= 4 is 35.8 Å². The van der Waals surface area contributed by atoms with Crippen LogP contribution in [0, 0.1) is 0 Å². The number of fused-ring (bicyclic) bond motifs is 1. The SMILES string of the molecule is C=CCOC(=O)Nc1nn(CCCNC(=O)OC(C)(C)C)cc1-c1ccc(OCC(ON2C(=O)c3ccccc3C2=O)C(=O)O)cc1. The van der Waals surface area contributed by atoms with Gasteiger partial charge in [-0.2, -0.15) is 5.10 Å². The number of carbonyl (C=O) groups excluding carboxylic acids is 4. The molecule has 1 unspecified atom stereocenters. The van der Waals surface area contributed by atoms with Crippen LogP contribution in [0.25, 0.3) is 11.1 Å². The van der Waals surface area contributed by atoms with Crippen LogP contribution >= 0.6 is 0 Å². The topological polar surface area (TPSA) is 188 Å². The van der Waals surface area contributed by atoms with E-state index in [9.17, 15) is 29.1 Å². The predicted molar refractivity (Wildman–Crippen MR) is 167 cm³/mol. The number of ether oxygens (including phenoxy) is 3. The molecule has 4 amide bonds. The first-order valence-electron chi connectivity index (χ1n) is 14.6. The fourth-order valence-corrected chi connectivity index (χ4v) is 4.29. The summed E-state index contributed by atoms with van der Waals surface area (Å²) in [5, 5.41) is 19.8. The molecule has 4 rings (SSSR count). The number of carbonyl (C=O) groups is 5. The molecule has 3 aromatic rings. The van der Waals surface area contributed by atoms with Crippen molar-refractivity contribution in [1.29, 1.82) is 0 Å². The van der Waals surface area contributed by atoms with Gasteiger partial charge in [0.1, 0.15) is 24.6 Å². The van der Waals surface area contributed by atoms with Crippen LogP contribution in [0.15, 0.2) is 67.4 Å². The van der Waals surface area contributed by atoms with Gasteiger partial charge in [-0.25, -0.2) is 19.2 Å². The average molecular weight is 650 g/mol.